The Morgan fingerprint density at radius 3 is 2.56 bits per heavy atom. The lowest BCUT2D eigenvalue weighted by molar-refractivity contribution is -0.120. The number of methoxy groups -OCH3 is 1. The van der Waals surface area contributed by atoms with Crippen LogP contribution in [0, 0.1) is 0 Å². The molecule has 1 N–H and O–H groups in total. The minimum absolute atomic E-state index is 0.204. The summed E-state index contributed by atoms with van der Waals surface area (Å²) in [6.07, 6.45) is 0. The number of hydrogen-bond donors (Lipinski definition) is 1. The van der Waals surface area contributed by atoms with E-state index in [1.807, 2.05) is 36.4 Å². The van der Waals surface area contributed by atoms with E-state index >= 15 is 0 Å². The molecule has 0 aromatic heterocycles. The van der Waals surface area contributed by atoms with Crippen molar-refractivity contribution >= 4 is 28.3 Å². The Balaban J connectivity index is 2.42. The number of carbonyl (C=O) groups is 1. The fourth-order valence-corrected chi connectivity index (χ4v) is 2.05. The molecule has 3 nitrogen and oxygen atoms in total. The van der Waals surface area contributed by atoms with Gasteiger partial charge in [-0.15, -0.1) is 11.6 Å². The highest BCUT2D eigenvalue weighted by Crippen LogP contribution is 2.27. The summed E-state index contributed by atoms with van der Waals surface area (Å²) >= 11 is 6.08. The van der Waals surface area contributed by atoms with E-state index in [1.54, 1.807) is 14.2 Å². The van der Waals surface area contributed by atoms with Gasteiger partial charge in [0.15, 0.2) is 0 Å². The first-order valence-corrected chi connectivity index (χ1v) is 6.02. The van der Waals surface area contributed by atoms with Crippen LogP contribution in [0.3, 0.4) is 0 Å². The van der Waals surface area contributed by atoms with Crippen LogP contribution in [0.15, 0.2) is 36.4 Å². The monoisotopic (exact) mass is 263 g/mol. The third kappa shape index (κ3) is 2.41. The number of alkyl halides is 1. The minimum Gasteiger partial charge on any atom is -0.497 e. The average Bonchev–Trinajstić information content (AvgIpc) is 2.44. The van der Waals surface area contributed by atoms with E-state index in [4.69, 9.17) is 16.3 Å². The second kappa shape index (κ2) is 5.27. The molecule has 1 unspecified atom stereocenters. The Hall–Kier alpha value is -1.74. The summed E-state index contributed by atoms with van der Waals surface area (Å²) in [7, 11) is 3.21. The van der Waals surface area contributed by atoms with Crippen molar-refractivity contribution < 1.29 is 9.53 Å². The van der Waals surface area contributed by atoms with E-state index in [0.29, 0.717) is 0 Å². The fraction of sp³-hybridized carbons (Fsp3) is 0.214. The number of amides is 1. The number of rotatable bonds is 3. The first-order valence-electron chi connectivity index (χ1n) is 5.59. The van der Waals surface area contributed by atoms with Gasteiger partial charge in [0.1, 0.15) is 11.1 Å². The summed E-state index contributed by atoms with van der Waals surface area (Å²) in [5.41, 5.74) is 0.786. The van der Waals surface area contributed by atoms with Crippen LogP contribution in [-0.4, -0.2) is 20.1 Å². The largest absolute Gasteiger partial charge is 0.497 e. The summed E-state index contributed by atoms with van der Waals surface area (Å²) in [5, 5.41) is 3.96. The molecule has 0 radical (unpaired) electrons. The molecule has 0 heterocycles. The lowest BCUT2D eigenvalue weighted by Gasteiger charge is -2.10. The normalized spacial score (nSPS) is 12.2. The van der Waals surface area contributed by atoms with Gasteiger partial charge in [0, 0.05) is 7.05 Å². The molecule has 2 aromatic rings. The highest BCUT2D eigenvalue weighted by molar-refractivity contribution is 6.30. The second-order valence-corrected chi connectivity index (χ2v) is 4.39. The second-order valence-electron chi connectivity index (χ2n) is 3.95. The lowest BCUT2D eigenvalue weighted by Crippen LogP contribution is -2.22. The molecule has 2 rings (SSSR count). The van der Waals surface area contributed by atoms with Crippen molar-refractivity contribution in [2.75, 3.05) is 14.2 Å². The molecule has 0 spiro atoms. The number of benzene rings is 2. The van der Waals surface area contributed by atoms with E-state index in [2.05, 4.69) is 5.32 Å². The maximum Gasteiger partial charge on any atom is 0.242 e. The summed E-state index contributed by atoms with van der Waals surface area (Å²) in [6.45, 7) is 0. The van der Waals surface area contributed by atoms with E-state index < -0.39 is 5.38 Å². The van der Waals surface area contributed by atoms with E-state index in [0.717, 1.165) is 22.1 Å². The van der Waals surface area contributed by atoms with E-state index in [9.17, 15) is 4.79 Å². The highest BCUT2D eigenvalue weighted by atomic mass is 35.5. The molecule has 0 saturated heterocycles. The number of ether oxygens (including phenoxy) is 1. The number of halogens is 1. The van der Waals surface area contributed by atoms with Crippen LogP contribution >= 0.6 is 11.6 Å². The van der Waals surface area contributed by atoms with E-state index in [-0.39, 0.29) is 5.91 Å². The Morgan fingerprint density at radius 1 is 1.22 bits per heavy atom. The average molecular weight is 264 g/mol. The predicted octanol–water partition coefficient (Wildman–Crippen LogP) is 2.87. The van der Waals surface area contributed by atoms with Gasteiger partial charge in [0.2, 0.25) is 5.91 Å². The topological polar surface area (TPSA) is 38.3 Å². The van der Waals surface area contributed by atoms with Crippen molar-refractivity contribution in [3.05, 3.63) is 42.0 Å². The number of likely N-dealkylation sites (N-methyl/N-ethyl adjacent to an activating group) is 1. The summed E-state index contributed by atoms with van der Waals surface area (Å²) in [6, 6.07) is 11.5. The quantitative estimate of drug-likeness (QED) is 0.865. The van der Waals surface area contributed by atoms with Gasteiger partial charge in [-0.3, -0.25) is 4.79 Å². The van der Waals surface area contributed by atoms with Crippen molar-refractivity contribution in [2.45, 2.75) is 5.38 Å². The van der Waals surface area contributed by atoms with Crippen molar-refractivity contribution in [1.82, 2.24) is 5.32 Å². The first kappa shape index (κ1) is 12.7. The molecule has 0 aliphatic carbocycles. The zero-order chi connectivity index (χ0) is 13.1. The smallest absolute Gasteiger partial charge is 0.242 e. The van der Waals surface area contributed by atoms with Crippen LogP contribution in [0.5, 0.6) is 5.75 Å². The molecular weight excluding hydrogens is 250 g/mol. The van der Waals surface area contributed by atoms with Gasteiger partial charge in [0.25, 0.3) is 0 Å². The maximum absolute atomic E-state index is 11.5. The van der Waals surface area contributed by atoms with Crippen LogP contribution < -0.4 is 10.1 Å². The highest BCUT2D eigenvalue weighted by Gasteiger charge is 2.16. The van der Waals surface area contributed by atoms with Gasteiger partial charge in [-0.05, 0) is 34.5 Å². The minimum atomic E-state index is -0.665. The molecule has 0 bridgehead atoms. The fourth-order valence-electron chi connectivity index (χ4n) is 1.81. The Kier molecular flexibility index (Phi) is 3.72. The predicted molar refractivity (Wildman–Crippen MR) is 73.2 cm³/mol. The van der Waals surface area contributed by atoms with Gasteiger partial charge >= 0.3 is 0 Å². The maximum atomic E-state index is 11.5. The Bertz CT molecular complexity index is 583. The van der Waals surface area contributed by atoms with Crippen molar-refractivity contribution in [2.24, 2.45) is 0 Å². The third-order valence-electron chi connectivity index (χ3n) is 2.84. The molecule has 0 saturated carbocycles. The molecule has 0 aliphatic rings. The summed E-state index contributed by atoms with van der Waals surface area (Å²) in [5.74, 6) is 0.605. The molecule has 18 heavy (non-hydrogen) atoms. The Morgan fingerprint density at radius 2 is 1.89 bits per heavy atom. The molecule has 2 aromatic carbocycles. The number of hydrogen-bond acceptors (Lipinski definition) is 2. The molecule has 1 atom stereocenters. The standard InChI is InChI=1S/C14H14ClNO2/c1-16-14(17)13(15)11-4-3-10-8-12(18-2)6-5-9(10)7-11/h3-8,13H,1-2H3,(H,16,17). The van der Waals surface area contributed by atoms with Crippen LogP contribution in [-0.2, 0) is 4.79 Å². The van der Waals surface area contributed by atoms with Crippen molar-refractivity contribution in [3.8, 4) is 5.75 Å². The lowest BCUT2D eigenvalue weighted by atomic mass is 10.0. The van der Waals surface area contributed by atoms with Gasteiger partial charge in [-0.25, -0.2) is 0 Å². The van der Waals surface area contributed by atoms with Gasteiger partial charge < -0.3 is 10.1 Å². The number of fused-ring (bicyclic) bond motifs is 1. The van der Waals surface area contributed by atoms with Crippen molar-refractivity contribution in [3.63, 3.8) is 0 Å². The van der Waals surface area contributed by atoms with Crippen LogP contribution in [0.4, 0.5) is 0 Å². The SMILES string of the molecule is CNC(=O)C(Cl)c1ccc2cc(OC)ccc2c1. The van der Waals surface area contributed by atoms with Crippen LogP contribution in [0.25, 0.3) is 10.8 Å². The third-order valence-corrected chi connectivity index (χ3v) is 3.29. The van der Waals surface area contributed by atoms with Gasteiger partial charge in [-0.2, -0.15) is 0 Å². The first-order chi connectivity index (χ1) is 8.65. The molecule has 0 aliphatic heterocycles. The Labute approximate surface area is 111 Å². The van der Waals surface area contributed by atoms with Gasteiger partial charge in [0.05, 0.1) is 7.11 Å². The summed E-state index contributed by atoms with van der Waals surface area (Å²) < 4.78 is 5.17. The van der Waals surface area contributed by atoms with Crippen LogP contribution in [0.1, 0.15) is 10.9 Å². The molecule has 0 fully saturated rings. The van der Waals surface area contributed by atoms with Gasteiger partial charge in [-0.1, -0.05) is 18.2 Å². The van der Waals surface area contributed by atoms with Crippen LogP contribution in [0.2, 0.25) is 0 Å². The number of nitrogens with one attached hydrogen (secondary N) is 1. The molecule has 1 amide bonds. The number of carbonyl (C=O) groups excluding carboxylic acids is 1. The molecule has 4 heteroatoms. The van der Waals surface area contributed by atoms with E-state index in [1.165, 1.54) is 0 Å². The molecular formula is C14H14ClNO2. The zero-order valence-electron chi connectivity index (χ0n) is 10.2. The zero-order valence-corrected chi connectivity index (χ0v) is 11.0. The van der Waals surface area contributed by atoms with Crippen molar-refractivity contribution in [1.29, 1.82) is 0 Å². The molecule has 94 valence electrons. The summed E-state index contributed by atoms with van der Waals surface area (Å²) in [4.78, 5) is 11.5.